The van der Waals surface area contributed by atoms with E-state index in [1.165, 1.54) is 6.07 Å². The monoisotopic (exact) mass is 419 g/mol. The average molecular weight is 420 g/mol. The van der Waals surface area contributed by atoms with E-state index in [1.807, 2.05) is 64.5 Å². The smallest absolute Gasteiger partial charge is 0.146 e. The van der Waals surface area contributed by atoms with Crippen LogP contribution in [0, 0.1) is 11.7 Å². The van der Waals surface area contributed by atoms with Gasteiger partial charge in [-0.1, -0.05) is 40.2 Å². The second kappa shape index (κ2) is 15.8. The predicted molar refractivity (Wildman–Crippen MR) is 128 cm³/mol. The molecule has 0 saturated carbocycles. The highest BCUT2D eigenvalue weighted by Gasteiger charge is 2.33. The summed E-state index contributed by atoms with van der Waals surface area (Å²) in [7, 11) is 5.40. The van der Waals surface area contributed by atoms with Gasteiger partial charge in [0, 0.05) is 33.2 Å². The van der Waals surface area contributed by atoms with Crippen LogP contribution in [0.4, 0.5) is 10.1 Å². The second-order valence-corrected chi connectivity index (χ2v) is 6.97. The van der Waals surface area contributed by atoms with Gasteiger partial charge in [-0.3, -0.25) is 4.98 Å². The Labute approximate surface area is 183 Å². The summed E-state index contributed by atoms with van der Waals surface area (Å²) in [6.45, 7) is 11.3. The third-order valence-corrected chi connectivity index (χ3v) is 5.33. The molecule has 0 aliphatic heterocycles. The molecule has 2 aromatic rings. The van der Waals surface area contributed by atoms with Gasteiger partial charge in [-0.2, -0.15) is 0 Å². The van der Waals surface area contributed by atoms with E-state index in [-0.39, 0.29) is 11.4 Å². The summed E-state index contributed by atoms with van der Waals surface area (Å²) < 4.78 is 18.5. The number of nitrogens with one attached hydrogen (secondary N) is 2. The van der Waals surface area contributed by atoms with Gasteiger partial charge in [0.25, 0.3) is 0 Å². The molecule has 0 radical (unpaired) electrons. The summed E-state index contributed by atoms with van der Waals surface area (Å²) in [6, 6.07) is 9.40. The molecule has 30 heavy (non-hydrogen) atoms. The lowest BCUT2D eigenvalue weighted by molar-refractivity contribution is 0.215. The molecular formula is C25H42FN3O. The van der Waals surface area contributed by atoms with Crippen LogP contribution in [0.2, 0.25) is 0 Å². The molecule has 2 rings (SSSR count). The Kier molecular flexibility index (Phi) is 14.8. The molecule has 0 spiro atoms. The number of pyridine rings is 1. The van der Waals surface area contributed by atoms with Crippen LogP contribution >= 0.6 is 0 Å². The third kappa shape index (κ3) is 8.04. The summed E-state index contributed by atoms with van der Waals surface area (Å²) >= 11 is 0. The summed E-state index contributed by atoms with van der Waals surface area (Å²) in [6.07, 6.45) is 6.81. The van der Waals surface area contributed by atoms with Gasteiger partial charge in [-0.25, -0.2) is 4.39 Å². The Balaban J connectivity index is 0.00000125. The number of hydrogen-bond acceptors (Lipinski definition) is 4. The number of nitrogens with zero attached hydrogens (tertiary/aromatic N) is 1. The quantitative estimate of drug-likeness (QED) is 0.506. The molecule has 0 saturated heterocycles. The molecule has 0 amide bonds. The van der Waals surface area contributed by atoms with Gasteiger partial charge in [0.1, 0.15) is 5.82 Å². The van der Waals surface area contributed by atoms with Crippen LogP contribution < -0.4 is 10.6 Å². The van der Waals surface area contributed by atoms with Crippen LogP contribution in [0.1, 0.15) is 65.0 Å². The Morgan fingerprint density at radius 2 is 1.67 bits per heavy atom. The molecule has 170 valence electrons. The van der Waals surface area contributed by atoms with E-state index in [9.17, 15) is 4.39 Å². The van der Waals surface area contributed by atoms with Crippen LogP contribution in [0.25, 0.3) is 0 Å². The predicted octanol–water partition coefficient (Wildman–Crippen LogP) is 6.23. The molecular weight excluding hydrogens is 377 g/mol. The fourth-order valence-corrected chi connectivity index (χ4v) is 3.15. The Bertz CT molecular complexity index is 679. The molecule has 1 aromatic carbocycles. The van der Waals surface area contributed by atoms with Crippen molar-refractivity contribution in [3.63, 3.8) is 0 Å². The van der Waals surface area contributed by atoms with E-state index in [1.54, 1.807) is 14.2 Å². The highest BCUT2D eigenvalue weighted by molar-refractivity contribution is 5.51. The number of methoxy groups -OCH3 is 1. The van der Waals surface area contributed by atoms with Crippen molar-refractivity contribution in [2.45, 2.75) is 59.4 Å². The van der Waals surface area contributed by atoms with Crippen molar-refractivity contribution in [2.75, 3.05) is 33.1 Å². The van der Waals surface area contributed by atoms with Crippen LogP contribution in [0.15, 0.2) is 42.7 Å². The van der Waals surface area contributed by atoms with Crippen molar-refractivity contribution in [3.05, 3.63) is 59.7 Å². The summed E-state index contributed by atoms with van der Waals surface area (Å²) in [5, 5.41) is 6.46. The molecule has 0 bridgehead atoms. The largest absolute Gasteiger partial charge is 0.386 e. The summed E-state index contributed by atoms with van der Waals surface area (Å²) in [5.41, 5.74) is 2.37. The molecule has 2 N–H and O–H groups in total. The van der Waals surface area contributed by atoms with Crippen molar-refractivity contribution < 1.29 is 9.13 Å². The number of ether oxygens (including phenoxy) is 1. The number of halogens is 1. The van der Waals surface area contributed by atoms with Crippen LogP contribution in [-0.4, -0.2) is 32.8 Å². The van der Waals surface area contributed by atoms with Crippen LogP contribution in [0.3, 0.4) is 0 Å². The van der Waals surface area contributed by atoms with Crippen molar-refractivity contribution in [2.24, 2.45) is 5.92 Å². The highest BCUT2D eigenvalue weighted by Crippen LogP contribution is 2.36. The lowest BCUT2D eigenvalue weighted by atomic mass is 9.77. The first-order chi connectivity index (χ1) is 14.5. The summed E-state index contributed by atoms with van der Waals surface area (Å²) in [5.74, 6) is 0.409. The minimum Gasteiger partial charge on any atom is -0.386 e. The number of anilines is 1. The molecule has 0 fully saturated rings. The van der Waals surface area contributed by atoms with Gasteiger partial charge in [-0.15, -0.1) is 0 Å². The maximum Gasteiger partial charge on any atom is 0.146 e. The summed E-state index contributed by atoms with van der Waals surface area (Å²) in [4.78, 5) is 4.15. The van der Waals surface area contributed by atoms with E-state index in [2.05, 4.69) is 34.2 Å². The lowest BCUT2D eigenvalue weighted by Gasteiger charge is -2.36. The lowest BCUT2D eigenvalue weighted by Crippen LogP contribution is -2.41. The van der Waals surface area contributed by atoms with Gasteiger partial charge in [0.15, 0.2) is 0 Å². The van der Waals surface area contributed by atoms with Crippen LogP contribution in [-0.2, 0) is 10.3 Å². The maximum absolute atomic E-state index is 13.9. The van der Waals surface area contributed by atoms with E-state index < -0.39 is 0 Å². The first-order valence-corrected chi connectivity index (χ1v) is 11.0. The molecule has 1 heterocycles. The number of hydrogen-bond donors (Lipinski definition) is 2. The normalized spacial score (nSPS) is 13.1. The minimum atomic E-state index is -0.355. The van der Waals surface area contributed by atoms with Gasteiger partial charge in [-0.05, 0) is 68.1 Å². The maximum atomic E-state index is 13.9. The molecule has 0 aliphatic carbocycles. The highest BCUT2D eigenvalue weighted by atomic mass is 19.1. The molecule has 5 heteroatoms. The zero-order chi connectivity index (χ0) is 23.0. The average Bonchev–Trinajstić information content (AvgIpc) is 2.82. The minimum absolute atomic E-state index is 0.233. The van der Waals surface area contributed by atoms with Crippen molar-refractivity contribution in [1.29, 1.82) is 0 Å². The van der Waals surface area contributed by atoms with E-state index in [0.717, 1.165) is 37.0 Å². The number of rotatable bonds is 9. The first-order valence-electron chi connectivity index (χ1n) is 11.0. The van der Waals surface area contributed by atoms with E-state index >= 15 is 0 Å². The van der Waals surface area contributed by atoms with E-state index in [0.29, 0.717) is 11.6 Å². The molecule has 4 nitrogen and oxygen atoms in total. The van der Waals surface area contributed by atoms with Gasteiger partial charge in [0.2, 0.25) is 0 Å². The topological polar surface area (TPSA) is 46.2 Å². The van der Waals surface area contributed by atoms with Crippen molar-refractivity contribution >= 4 is 5.69 Å². The Morgan fingerprint density at radius 1 is 1.07 bits per heavy atom. The van der Waals surface area contributed by atoms with Gasteiger partial charge < -0.3 is 15.4 Å². The number of benzene rings is 1. The fraction of sp³-hybridized carbons (Fsp3) is 0.560. The second-order valence-electron chi connectivity index (χ2n) is 6.97. The van der Waals surface area contributed by atoms with Gasteiger partial charge in [0.05, 0.1) is 11.2 Å². The van der Waals surface area contributed by atoms with Crippen molar-refractivity contribution in [3.8, 4) is 0 Å². The van der Waals surface area contributed by atoms with Crippen LogP contribution in [0.5, 0.6) is 0 Å². The molecule has 1 aromatic heterocycles. The SMILES string of the molecule is CC.CCC(C)CCC(NC)(c1ccncc1)c1ccc(F)c(NC)c1.CCOC. The van der Waals surface area contributed by atoms with Crippen molar-refractivity contribution in [1.82, 2.24) is 10.3 Å². The molecule has 2 unspecified atom stereocenters. The Hall–Kier alpha value is -1.98. The zero-order valence-electron chi connectivity index (χ0n) is 20.2. The Morgan fingerprint density at radius 3 is 2.13 bits per heavy atom. The first kappa shape index (κ1) is 28.0. The molecule has 0 aliphatic rings. The fourth-order valence-electron chi connectivity index (χ4n) is 3.15. The van der Waals surface area contributed by atoms with Gasteiger partial charge >= 0.3 is 0 Å². The van der Waals surface area contributed by atoms with E-state index in [4.69, 9.17) is 0 Å². The molecule has 2 atom stereocenters. The zero-order valence-corrected chi connectivity index (χ0v) is 20.2. The third-order valence-electron chi connectivity index (χ3n) is 5.33. The standard InChI is InChI=1S/C20H28FN3.C3H8O.C2H6/c1-5-15(2)8-11-20(23-4,16-9-12-24-13-10-16)17-6-7-18(21)19(14-17)22-3;1-3-4-2;1-2/h6-7,9-10,12-15,22-23H,5,8,11H2,1-4H3;3H2,1-2H3;1-2H3. The number of aromatic nitrogens is 1.